The Morgan fingerprint density at radius 3 is 2.62 bits per heavy atom. The predicted molar refractivity (Wildman–Crippen MR) is 98.0 cm³/mol. The van der Waals surface area contributed by atoms with E-state index in [1.807, 2.05) is 24.3 Å². The molecule has 3 rings (SSSR count). The molecule has 24 heavy (non-hydrogen) atoms. The van der Waals surface area contributed by atoms with Gasteiger partial charge >= 0.3 is 0 Å². The van der Waals surface area contributed by atoms with Gasteiger partial charge in [0, 0.05) is 11.0 Å². The van der Waals surface area contributed by atoms with Crippen LogP contribution in [0, 0.1) is 11.3 Å². The minimum Gasteiger partial charge on any atom is -0.448 e. The lowest BCUT2D eigenvalue weighted by molar-refractivity contribution is 0.553. The fourth-order valence-electron chi connectivity index (χ4n) is 2.15. The highest BCUT2D eigenvalue weighted by molar-refractivity contribution is 9.10. The molecule has 1 aromatic carbocycles. The second-order valence-corrected chi connectivity index (χ2v) is 6.45. The molecule has 2 heterocycles. The molecule has 0 saturated heterocycles. The number of benzene rings is 1. The van der Waals surface area contributed by atoms with E-state index in [1.165, 1.54) is 0 Å². The second-order valence-electron chi connectivity index (χ2n) is 4.81. The van der Waals surface area contributed by atoms with Gasteiger partial charge in [0.1, 0.15) is 17.3 Å². The summed E-state index contributed by atoms with van der Waals surface area (Å²) in [5.41, 5.74) is 7.45. The number of furan rings is 1. The SMILES string of the molecule is N#Cc1c(NCc2ccccc2Br)nc(N)nc1-c1ccc(Br)o1. The van der Waals surface area contributed by atoms with Crippen molar-refractivity contribution in [2.45, 2.75) is 6.54 Å². The van der Waals surface area contributed by atoms with E-state index in [0.29, 0.717) is 28.5 Å². The maximum atomic E-state index is 9.54. The maximum Gasteiger partial charge on any atom is 0.222 e. The van der Waals surface area contributed by atoms with Crippen molar-refractivity contribution in [3.05, 3.63) is 56.7 Å². The van der Waals surface area contributed by atoms with Crippen molar-refractivity contribution in [2.75, 3.05) is 11.1 Å². The summed E-state index contributed by atoms with van der Waals surface area (Å²) in [6.45, 7) is 0.480. The van der Waals surface area contributed by atoms with Crippen LogP contribution >= 0.6 is 31.9 Å². The first kappa shape index (κ1) is 16.5. The number of halogens is 2. The van der Waals surface area contributed by atoms with Gasteiger partial charge in [-0.3, -0.25) is 0 Å². The second kappa shape index (κ2) is 7.03. The van der Waals surface area contributed by atoms with Gasteiger partial charge in [0.05, 0.1) is 0 Å². The summed E-state index contributed by atoms with van der Waals surface area (Å²) in [4.78, 5) is 8.29. The number of anilines is 2. The molecule has 0 radical (unpaired) electrons. The average Bonchev–Trinajstić information content (AvgIpc) is 3.00. The lowest BCUT2D eigenvalue weighted by atomic mass is 10.1. The van der Waals surface area contributed by atoms with E-state index < -0.39 is 0 Å². The van der Waals surface area contributed by atoms with Crippen LogP contribution in [0.15, 0.2) is 50.0 Å². The topological polar surface area (TPSA) is 101 Å². The van der Waals surface area contributed by atoms with Gasteiger partial charge in [0.25, 0.3) is 0 Å². The van der Waals surface area contributed by atoms with Gasteiger partial charge in [0.2, 0.25) is 5.95 Å². The van der Waals surface area contributed by atoms with Crippen LogP contribution in [-0.4, -0.2) is 9.97 Å². The molecule has 0 unspecified atom stereocenters. The van der Waals surface area contributed by atoms with Crippen molar-refractivity contribution in [3.63, 3.8) is 0 Å². The van der Waals surface area contributed by atoms with Crippen molar-refractivity contribution < 1.29 is 4.42 Å². The molecule has 6 nitrogen and oxygen atoms in total. The Hall–Kier alpha value is -2.37. The number of aromatic nitrogens is 2. The molecule has 0 saturated carbocycles. The van der Waals surface area contributed by atoms with E-state index in [9.17, 15) is 5.26 Å². The number of nitrogens with two attached hydrogens (primary N) is 1. The molecule has 3 aromatic rings. The number of nitrogen functional groups attached to an aromatic ring is 1. The minimum atomic E-state index is 0.0612. The summed E-state index contributed by atoms with van der Waals surface area (Å²) in [5.74, 6) is 0.867. The monoisotopic (exact) mass is 447 g/mol. The van der Waals surface area contributed by atoms with E-state index >= 15 is 0 Å². The summed E-state index contributed by atoms with van der Waals surface area (Å²) >= 11 is 6.73. The zero-order valence-electron chi connectivity index (χ0n) is 12.3. The Morgan fingerprint density at radius 2 is 1.96 bits per heavy atom. The van der Waals surface area contributed by atoms with Gasteiger partial charge in [-0.05, 0) is 39.7 Å². The van der Waals surface area contributed by atoms with E-state index in [2.05, 4.69) is 53.2 Å². The van der Waals surface area contributed by atoms with E-state index in [0.717, 1.165) is 10.0 Å². The fourth-order valence-corrected chi connectivity index (χ4v) is 2.88. The number of rotatable bonds is 4. The van der Waals surface area contributed by atoms with Gasteiger partial charge in [-0.25, -0.2) is 4.98 Å². The first-order chi connectivity index (χ1) is 11.6. The highest BCUT2D eigenvalue weighted by Gasteiger charge is 2.18. The minimum absolute atomic E-state index is 0.0612. The van der Waals surface area contributed by atoms with Crippen LogP contribution in [0.2, 0.25) is 0 Å². The van der Waals surface area contributed by atoms with Crippen LogP contribution in [0.3, 0.4) is 0 Å². The first-order valence-electron chi connectivity index (χ1n) is 6.89. The van der Waals surface area contributed by atoms with Crippen LogP contribution in [0.1, 0.15) is 11.1 Å². The maximum absolute atomic E-state index is 9.54. The lowest BCUT2D eigenvalue weighted by Gasteiger charge is -2.11. The molecular weight excluding hydrogens is 438 g/mol. The van der Waals surface area contributed by atoms with Crippen molar-refractivity contribution in [1.29, 1.82) is 5.26 Å². The molecule has 0 bridgehead atoms. The highest BCUT2D eigenvalue weighted by Crippen LogP contribution is 2.30. The third-order valence-electron chi connectivity index (χ3n) is 3.25. The molecule has 0 fully saturated rings. The largest absolute Gasteiger partial charge is 0.448 e. The Morgan fingerprint density at radius 1 is 1.17 bits per heavy atom. The number of hydrogen-bond donors (Lipinski definition) is 2. The normalized spacial score (nSPS) is 10.4. The first-order valence-corrected chi connectivity index (χ1v) is 8.47. The smallest absolute Gasteiger partial charge is 0.222 e. The standard InChI is InChI=1S/C16H11Br2N5O/c17-11-4-2-1-3-9(11)8-21-15-10(7-19)14(22-16(20)23-15)12-5-6-13(18)24-12/h1-6H,8H2,(H3,20,21,22,23). The van der Waals surface area contributed by atoms with Gasteiger partial charge in [-0.1, -0.05) is 34.1 Å². The lowest BCUT2D eigenvalue weighted by Crippen LogP contribution is -2.08. The summed E-state index contributed by atoms with van der Waals surface area (Å²) < 4.78 is 7.00. The van der Waals surface area contributed by atoms with Crippen molar-refractivity contribution in [2.24, 2.45) is 0 Å². The molecule has 3 N–H and O–H groups in total. The highest BCUT2D eigenvalue weighted by atomic mass is 79.9. The quantitative estimate of drug-likeness (QED) is 0.616. The van der Waals surface area contributed by atoms with Crippen LogP contribution < -0.4 is 11.1 Å². The van der Waals surface area contributed by atoms with Gasteiger partial charge in [-0.2, -0.15) is 10.2 Å². The zero-order chi connectivity index (χ0) is 17.1. The Labute approximate surface area is 155 Å². The number of nitrogens with one attached hydrogen (secondary N) is 1. The molecule has 0 aliphatic rings. The van der Waals surface area contributed by atoms with E-state index in [4.69, 9.17) is 10.2 Å². The molecule has 8 heteroatoms. The third kappa shape index (κ3) is 3.42. The molecular formula is C16H11Br2N5O. The Bertz CT molecular complexity index is 932. The molecule has 0 atom stereocenters. The average molecular weight is 449 g/mol. The third-order valence-corrected chi connectivity index (χ3v) is 4.45. The van der Waals surface area contributed by atoms with Crippen LogP contribution in [0.5, 0.6) is 0 Å². The van der Waals surface area contributed by atoms with E-state index in [1.54, 1.807) is 12.1 Å². The van der Waals surface area contributed by atoms with Gasteiger partial charge < -0.3 is 15.5 Å². The van der Waals surface area contributed by atoms with Crippen molar-refractivity contribution in [1.82, 2.24) is 9.97 Å². The van der Waals surface area contributed by atoms with Crippen LogP contribution in [0.25, 0.3) is 11.5 Å². The molecule has 2 aromatic heterocycles. The number of nitriles is 1. The molecule has 0 amide bonds. The number of hydrogen-bond acceptors (Lipinski definition) is 6. The Kier molecular flexibility index (Phi) is 4.83. The van der Waals surface area contributed by atoms with Gasteiger partial charge in [0.15, 0.2) is 16.2 Å². The van der Waals surface area contributed by atoms with E-state index in [-0.39, 0.29) is 11.5 Å². The zero-order valence-corrected chi connectivity index (χ0v) is 15.4. The summed E-state index contributed by atoms with van der Waals surface area (Å²) in [6.07, 6.45) is 0. The van der Waals surface area contributed by atoms with Crippen molar-refractivity contribution >= 4 is 43.6 Å². The molecule has 0 aliphatic heterocycles. The van der Waals surface area contributed by atoms with Crippen molar-refractivity contribution in [3.8, 4) is 17.5 Å². The fraction of sp³-hybridized carbons (Fsp3) is 0.0625. The number of nitrogens with zero attached hydrogens (tertiary/aromatic N) is 3. The van der Waals surface area contributed by atoms with Gasteiger partial charge in [-0.15, -0.1) is 0 Å². The predicted octanol–water partition coefficient (Wildman–Crippen LogP) is 4.33. The van der Waals surface area contributed by atoms with Crippen LogP contribution in [0.4, 0.5) is 11.8 Å². The molecule has 0 spiro atoms. The summed E-state index contributed by atoms with van der Waals surface area (Å²) in [6, 6.07) is 13.3. The molecule has 120 valence electrons. The summed E-state index contributed by atoms with van der Waals surface area (Å²) in [5, 5.41) is 12.7. The van der Waals surface area contributed by atoms with Crippen LogP contribution in [-0.2, 0) is 6.54 Å². The Balaban J connectivity index is 1.98. The summed E-state index contributed by atoms with van der Waals surface area (Å²) in [7, 11) is 0. The molecule has 0 aliphatic carbocycles.